The van der Waals surface area contributed by atoms with Gasteiger partial charge in [-0.1, -0.05) is 18.2 Å². The van der Waals surface area contributed by atoms with Gasteiger partial charge in [0.05, 0.1) is 17.0 Å². The number of H-pyrrole nitrogens is 1. The first kappa shape index (κ1) is 19.4. The van der Waals surface area contributed by atoms with Crippen LogP contribution in [0.2, 0.25) is 0 Å². The Morgan fingerprint density at radius 2 is 2.10 bits per heavy atom. The molecule has 2 aliphatic heterocycles. The van der Waals surface area contributed by atoms with Crippen molar-refractivity contribution in [3.8, 4) is 11.5 Å². The van der Waals surface area contributed by atoms with Crippen molar-refractivity contribution in [2.24, 2.45) is 5.92 Å². The van der Waals surface area contributed by atoms with E-state index in [1.165, 1.54) is 6.07 Å². The average Bonchev–Trinajstić information content (AvgIpc) is 3.32. The fourth-order valence-electron chi connectivity index (χ4n) is 4.43. The number of benzene rings is 2. The number of Topliss-reactive ketones (excluding diaryl/α,β-unsaturated/α-hetero) is 1. The van der Waals surface area contributed by atoms with E-state index in [-0.39, 0.29) is 17.3 Å². The Morgan fingerprint density at radius 3 is 2.94 bits per heavy atom. The van der Waals surface area contributed by atoms with Crippen LogP contribution in [-0.2, 0) is 11.3 Å². The zero-order valence-corrected chi connectivity index (χ0v) is 16.8. The van der Waals surface area contributed by atoms with Gasteiger partial charge in [0, 0.05) is 35.8 Å². The Labute approximate surface area is 178 Å². The van der Waals surface area contributed by atoms with Crippen molar-refractivity contribution in [2.75, 3.05) is 13.1 Å². The molecule has 1 saturated heterocycles. The molecule has 1 unspecified atom stereocenters. The quantitative estimate of drug-likeness (QED) is 0.557. The number of carbonyl (C=O) groups is 2. The van der Waals surface area contributed by atoms with Crippen molar-refractivity contribution in [1.29, 1.82) is 0 Å². The van der Waals surface area contributed by atoms with Crippen molar-refractivity contribution < 1.29 is 24.5 Å². The second kappa shape index (κ2) is 7.59. The second-order valence-corrected chi connectivity index (χ2v) is 8.08. The lowest BCUT2D eigenvalue weighted by Crippen LogP contribution is -2.38. The fraction of sp³-hybridized carbons (Fsp3) is 0.250. The average molecular weight is 418 g/mol. The number of nitrogens with zero attached hydrogens (tertiary/aromatic N) is 1. The van der Waals surface area contributed by atoms with Crippen LogP contribution in [0.1, 0.15) is 34.3 Å². The molecule has 0 bridgehead atoms. The van der Waals surface area contributed by atoms with Crippen LogP contribution in [-0.4, -0.2) is 44.9 Å². The molecular formula is C24H22N2O5. The minimum Gasteiger partial charge on any atom is -0.507 e. The van der Waals surface area contributed by atoms with Crippen LogP contribution in [0, 0.1) is 5.92 Å². The third kappa shape index (κ3) is 3.47. The van der Waals surface area contributed by atoms with E-state index in [1.54, 1.807) is 12.1 Å². The number of aromatic hydroxyl groups is 1. The molecule has 1 aromatic heterocycles. The SMILES string of the molecule is O=C1/C(=C/c2c[nH]c3ccccc23)Oc2c1ccc(O)c2CN1CCCC(C(=O)O)C1. The summed E-state index contributed by atoms with van der Waals surface area (Å²) in [5.41, 5.74) is 2.73. The maximum absolute atomic E-state index is 13.0. The highest BCUT2D eigenvalue weighted by atomic mass is 16.5. The number of carboxylic acid groups (broad SMARTS) is 1. The molecular weight excluding hydrogens is 396 g/mol. The van der Waals surface area contributed by atoms with Gasteiger partial charge in [0.1, 0.15) is 11.5 Å². The lowest BCUT2D eigenvalue weighted by atomic mass is 9.97. The number of ether oxygens (including phenoxy) is 1. The van der Waals surface area contributed by atoms with Crippen LogP contribution in [0.25, 0.3) is 17.0 Å². The fourth-order valence-corrected chi connectivity index (χ4v) is 4.43. The van der Waals surface area contributed by atoms with Gasteiger partial charge >= 0.3 is 5.97 Å². The maximum atomic E-state index is 13.0. The van der Waals surface area contributed by atoms with Crippen molar-refractivity contribution in [3.05, 3.63) is 65.0 Å². The summed E-state index contributed by atoms with van der Waals surface area (Å²) in [7, 11) is 0. The second-order valence-electron chi connectivity index (χ2n) is 8.08. The lowest BCUT2D eigenvalue weighted by Gasteiger charge is -2.31. The molecule has 5 rings (SSSR count). The van der Waals surface area contributed by atoms with Crippen LogP contribution >= 0.6 is 0 Å². The Hall–Kier alpha value is -3.58. The van der Waals surface area contributed by atoms with Gasteiger partial charge in [0.25, 0.3) is 0 Å². The smallest absolute Gasteiger partial charge is 0.307 e. The summed E-state index contributed by atoms with van der Waals surface area (Å²) in [5.74, 6) is -0.863. The van der Waals surface area contributed by atoms with E-state index in [2.05, 4.69) is 4.98 Å². The van der Waals surface area contributed by atoms with E-state index < -0.39 is 11.9 Å². The summed E-state index contributed by atoms with van der Waals surface area (Å²) in [5, 5.41) is 20.8. The van der Waals surface area contributed by atoms with E-state index in [0.29, 0.717) is 36.4 Å². The molecule has 0 spiro atoms. The number of para-hydroxylation sites is 1. The number of nitrogens with one attached hydrogen (secondary N) is 1. The topological polar surface area (TPSA) is 103 Å². The van der Waals surface area contributed by atoms with Gasteiger partial charge in [0.2, 0.25) is 5.78 Å². The molecule has 7 nitrogen and oxygen atoms in total. The number of allylic oxidation sites excluding steroid dienone is 1. The summed E-state index contributed by atoms with van der Waals surface area (Å²) in [4.78, 5) is 29.5. The number of carbonyl (C=O) groups excluding carboxylic acids is 1. The van der Waals surface area contributed by atoms with Crippen LogP contribution in [0.15, 0.2) is 48.4 Å². The third-order valence-corrected chi connectivity index (χ3v) is 6.06. The minimum atomic E-state index is -0.803. The summed E-state index contributed by atoms with van der Waals surface area (Å²) in [6.07, 6.45) is 4.97. The molecule has 3 N–H and O–H groups in total. The Morgan fingerprint density at radius 1 is 1.26 bits per heavy atom. The number of phenols is 1. The van der Waals surface area contributed by atoms with Crippen LogP contribution in [0.4, 0.5) is 0 Å². The van der Waals surface area contributed by atoms with Gasteiger partial charge in [-0.2, -0.15) is 0 Å². The summed E-state index contributed by atoms with van der Waals surface area (Å²) in [6.45, 7) is 1.47. The van der Waals surface area contributed by atoms with Crippen molar-refractivity contribution in [1.82, 2.24) is 9.88 Å². The molecule has 1 atom stereocenters. The van der Waals surface area contributed by atoms with Gasteiger partial charge in [-0.15, -0.1) is 0 Å². The molecule has 0 radical (unpaired) electrons. The monoisotopic (exact) mass is 418 g/mol. The molecule has 3 aromatic rings. The number of carboxylic acids is 1. The first-order chi connectivity index (χ1) is 15.0. The number of likely N-dealkylation sites (tertiary alicyclic amines) is 1. The minimum absolute atomic E-state index is 0.0392. The van der Waals surface area contributed by atoms with E-state index in [4.69, 9.17) is 4.74 Å². The number of aliphatic carboxylic acids is 1. The zero-order valence-electron chi connectivity index (χ0n) is 16.8. The van der Waals surface area contributed by atoms with Crippen LogP contribution in [0.3, 0.4) is 0 Å². The molecule has 7 heteroatoms. The van der Waals surface area contributed by atoms with E-state index in [1.807, 2.05) is 35.4 Å². The number of ketones is 1. The largest absolute Gasteiger partial charge is 0.507 e. The van der Waals surface area contributed by atoms with E-state index >= 15 is 0 Å². The predicted octanol–water partition coefficient (Wildman–Crippen LogP) is 3.79. The maximum Gasteiger partial charge on any atom is 0.307 e. The first-order valence-electron chi connectivity index (χ1n) is 10.3. The third-order valence-electron chi connectivity index (χ3n) is 6.06. The zero-order chi connectivity index (χ0) is 21.5. The van der Waals surface area contributed by atoms with Gasteiger partial charge < -0.3 is 19.9 Å². The molecule has 1 fully saturated rings. The van der Waals surface area contributed by atoms with Gasteiger partial charge in [-0.05, 0) is 43.7 Å². The number of piperidine rings is 1. The van der Waals surface area contributed by atoms with Gasteiger partial charge in [-0.3, -0.25) is 14.5 Å². The normalized spacial score (nSPS) is 20.2. The Bertz CT molecular complexity index is 1230. The van der Waals surface area contributed by atoms with Crippen LogP contribution < -0.4 is 4.74 Å². The molecule has 31 heavy (non-hydrogen) atoms. The number of aromatic nitrogens is 1. The molecule has 0 amide bonds. The molecule has 0 aliphatic carbocycles. The summed E-state index contributed by atoms with van der Waals surface area (Å²) >= 11 is 0. The number of fused-ring (bicyclic) bond motifs is 2. The first-order valence-corrected chi connectivity index (χ1v) is 10.3. The summed E-state index contributed by atoms with van der Waals surface area (Å²) in [6, 6.07) is 10.9. The predicted molar refractivity (Wildman–Crippen MR) is 115 cm³/mol. The number of hydrogen-bond donors (Lipinski definition) is 3. The highest BCUT2D eigenvalue weighted by Gasteiger charge is 2.33. The van der Waals surface area contributed by atoms with Crippen molar-refractivity contribution in [2.45, 2.75) is 19.4 Å². The van der Waals surface area contributed by atoms with Gasteiger partial charge in [-0.25, -0.2) is 0 Å². The highest BCUT2D eigenvalue weighted by molar-refractivity contribution is 6.15. The van der Waals surface area contributed by atoms with Gasteiger partial charge in [0.15, 0.2) is 5.76 Å². The lowest BCUT2D eigenvalue weighted by molar-refractivity contribution is -0.143. The number of rotatable bonds is 4. The number of aromatic amines is 1. The molecule has 2 aromatic carbocycles. The highest BCUT2D eigenvalue weighted by Crippen LogP contribution is 2.41. The Balaban J connectivity index is 1.46. The Kier molecular flexibility index (Phi) is 4.75. The van der Waals surface area contributed by atoms with Crippen molar-refractivity contribution in [3.63, 3.8) is 0 Å². The molecule has 158 valence electrons. The van der Waals surface area contributed by atoms with Crippen molar-refractivity contribution >= 4 is 28.7 Å². The summed E-state index contributed by atoms with van der Waals surface area (Å²) < 4.78 is 5.96. The molecule has 3 heterocycles. The standard InChI is InChI=1S/C24H22N2O5/c27-20-8-7-17-22(28)21(10-15-11-25-19-6-2-1-5-16(15)19)31-23(17)18(20)13-26-9-3-4-14(12-26)24(29)30/h1-2,5-8,10-11,14,25,27H,3-4,9,12-13H2,(H,29,30)/b21-10-. The molecule has 0 saturated carbocycles. The number of hydrogen-bond acceptors (Lipinski definition) is 5. The molecule has 2 aliphatic rings. The van der Waals surface area contributed by atoms with Crippen LogP contribution in [0.5, 0.6) is 11.5 Å². The number of phenolic OH excluding ortho intramolecular Hbond substituents is 1. The van der Waals surface area contributed by atoms with E-state index in [9.17, 15) is 19.8 Å². The van der Waals surface area contributed by atoms with E-state index in [0.717, 1.165) is 29.4 Å².